The first kappa shape index (κ1) is 24.7. The summed E-state index contributed by atoms with van der Waals surface area (Å²) in [6.07, 6.45) is -7.41. The number of phenolic OH excluding ortho intramolecular Hbond substituents is 1. The van der Waals surface area contributed by atoms with Gasteiger partial charge in [0.15, 0.2) is 18.3 Å². The molecule has 0 unspecified atom stereocenters. The molecule has 0 aliphatic carbocycles. The average molecular weight is 552 g/mol. The second-order valence-corrected chi connectivity index (χ2v) is 7.68. The van der Waals surface area contributed by atoms with E-state index in [9.17, 15) is 24.3 Å². The number of rotatable bonds is 6. The highest BCUT2D eigenvalue weighted by atomic mass is 127. The Kier molecular flexibility index (Phi) is 8.44. The van der Waals surface area contributed by atoms with Crippen LogP contribution >= 0.6 is 22.6 Å². The highest BCUT2D eigenvalue weighted by Crippen LogP contribution is 2.32. The number of halogens is 1. The van der Waals surface area contributed by atoms with Crippen molar-refractivity contribution < 1.29 is 52.7 Å². The Morgan fingerprint density at radius 3 is 1.97 bits per heavy atom. The van der Waals surface area contributed by atoms with Gasteiger partial charge in [-0.25, -0.2) is 4.79 Å². The van der Waals surface area contributed by atoms with E-state index in [1.54, 1.807) is 6.07 Å². The molecule has 0 bridgehead atoms. The number of carbonyl (C=O) groups is 4. The number of carbonyl (C=O) groups excluding carboxylic acids is 4. The molecule has 31 heavy (non-hydrogen) atoms. The summed E-state index contributed by atoms with van der Waals surface area (Å²) in [6.45, 7) is 3.27. The molecule has 0 radical (unpaired) electrons. The number of phenols is 1. The van der Waals surface area contributed by atoms with Gasteiger partial charge in [-0.05, 0) is 34.7 Å². The highest BCUT2D eigenvalue weighted by Gasteiger charge is 2.55. The lowest BCUT2D eigenvalue weighted by Gasteiger charge is -2.43. The minimum atomic E-state index is -1.56. The third kappa shape index (κ3) is 6.69. The van der Waals surface area contributed by atoms with E-state index >= 15 is 0 Å². The van der Waals surface area contributed by atoms with Crippen LogP contribution in [0.3, 0.4) is 0 Å². The Morgan fingerprint density at radius 2 is 1.45 bits per heavy atom. The smallest absolute Gasteiger partial charge is 0.339 e. The maximum absolute atomic E-state index is 12.3. The SMILES string of the molecule is COC(=O)[C@@H]1O[C@H](Oc2cc(O)cc(I)c2)[C@H](OC(C)=O)[C@H](OC(C)=O)[C@H]1OC(C)=O. The molecule has 1 aliphatic heterocycles. The van der Waals surface area contributed by atoms with Crippen molar-refractivity contribution >= 4 is 46.5 Å². The molecule has 1 fully saturated rings. The quantitative estimate of drug-likeness (QED) is 0.308. The van der Waals surface area contributed by atoms with Crippen molar-refractivity contribution in [1.82, 2.24) is 0 Å². The molecule has 1 heterocycles. The van der Waals surface area contributed by atoms with Gasteiger partial charge in [0.05, 0.1) is 7.11 Å². The highest BCUT2D eigenvalue weighted by molar-refractivity contribution is 14.1. The summed E-state index contributed by atoms with van der Waals surface area (Å²) in [5.41, 5.74) is 0. The molecular formula is C19H21IO11. The summed E-state index contributed by atoms with van der Waals surface area (Å²) in [6, 6.07) is 4.28. The summed E-state index contributed by atoms with van der Waals surface area (Å²) in [5.74, 6) is -3.31. The molecule has 2 rings (SSSR count). The van der Waals surface area contributed by atoms with Gasteiger partial charge in [-0.1, -0.05) is 0 Å². The number of esters is 4. The fraction of sp³-hybridized carbons (Fsp3) is 0.474. The molecule has 0 aromatic heterocycles. The largest absolute Gasteiger partial charge is 0.508 e. The van der Waals surface area contributed by atoms with Crippen molar-refractivity contribution in [1.29, 1.82) is 0 Å². The molecular weight excluding hydrogens is 531 g/mol. The van der Waals surface area contributed by atoms with Gasteiger partial charge >= 0.3 is 23.9 Å². The number of hydrogen-bond donors (Lipinski definition) is 1. The van der Waals surface area contributed by atoms with Crippen LogP contribution in [0.2, 0.25) is 0 Å². The second kappa shape index (κ2) is 10.6. The van der Waals surface area contributed by atoms with Gasteiger partial charge in [0, 0.05) is 30.4 Å². The van der Waals surface area contributed by atoms with Crippen molar-refractivity contribution in [2.45, 2.75) is 51.5 Å². The lowest BCUT2D eigenvalue weighted by atomic mass is 9.97. The van der Waals surface area contributed by atoms with E-state index in [0.29, 0.717) is 3.57 Å². The predicted molar refractivity (Wildman–Crippen MR) is 109 cm³/mol. The van der Waals surface area contributed by atoms with Crippen LogP contribution < -0.4 is 4.74 Å². The fourth-order valence-electron chi connectivity index (χ4n) is 2.92. The van der Waals surface area contributed by atoms with Crippen LogP contribution in [0.15, 0.2) is 18.2 Å². The van der Waals surface area contributed by atoms with E-state index in [1.165, 1.54) is 12.1 Å². The third-order valence-electron chi connectivity index (χ3n) is 3.94. The van der Waals surface area contributed by atoms with Gasteiger partial charge in [-0.3, -0.25) is 14.4 Å². The maximum atomic E-state index is 12.3. The van der Waals surface area contributed by atoms with E-state index in [1.807, 2.05) is 22.6 Å². The summed E-state index contributed by atoms with van der Waals surface area (Å²) in [7, 11) is 1.09. The standard InChI is InChI=1S/C19H21IO11/c1-8(21)27-14-15(28-9(2)22)17(29-10(3)23)19(31-16(14)18(25)26-4)30-13-6-11(20)5-12(24)7-13/h5-7,14-17,19,24H,1-4H3/t14-,15-,16-,17-,19+/m1/s1. The Morgan fingerprint density at radius 1 is 0.903 bits per heavy atom. The minimum Gasteiger partial charge on any atom is -0.508 e. The molecule has 1 aromatic carbocycles. The van der Waals surface area contributed by atoms with E-state index in [4.69, 9.17) is 28.4 Å². The van der Waals surface area contributed by atoms with Crippen LogP contribution in [0.25, 0.3) is 0 Å². The lowest BCUT2D eigenvalue weighted by molar-refractivity contribution is -0.282. The van der Waals surface area contributed by atoms with E-state index in [2.05, 4.69) is 0 Å². The van der Waals surface area contributed by atoms with Gasteiger partial charge in [0.2, 0.25) is 12.4 Å². The number of aromatic hydroxyl groups is 1. The van der Waals surface area contributed by atoms with Gasteiger partial charge < -0.3 is 33.5 Å². The Balaban J connectivity index is 2.52. The third-order valence-corrected chi connectivity index (χ3v) is 4.57. The molecule has 170 valence electrons. The predicted octanol–water partition coefficient (Wildman–Crippen LogP) is 1.07. The summed E-state index contributed by atoms with van der Waals surface area (Å²) < 4.78 is 32.3. The minimum absolute atomic E-state index is 0.111. The number of benzene rings is 1. The van der Waals surface area contributed by atoms with Gasteiger partial charge in [0.1, 0.15) is 11.5 Å². The van der Waals surface area contributed by atoms with Crippen molar-refractivity contribution in [3.8, 4) is 11.5 Å². The summed E-state index contributed by atoms with van der Waals surface area (Å²) in [4.78, 5) is 47.5. The van der Waals surface area contributed by atoms with Crippen molar-refractivity contribution in [2.75, 3.05) is 7.11 Å². The maximum Gasteiger partial charge on any atom is 0.339 e. The lowest BCUT2D eigenvalue weighted by Crippen LogP contribution is -2.64. The monoisotopic (exact) mass is 552 g/mol. The second-order valence-electron chi connectivity index (χ2n) is 6.43. The number of hydrogen-bond acceptors (Lipinski definition) is 11. The zero-order valence-electron chi connectivity index (χ0n) is 17.0. The summed E-state index contributed by atoms with van der Waals surface area (Å²) in [5, 5.41) is 9.81. The molecule has 11 nitrogen and oxygen atoms in total. The molecule has 0 saturated carbocycles. The molecule has 1 saturated heterocycles. The zero-order chi connectivity index (χ0) is 23.3. The topological polar surface area (TPSA) is 144 Å². The van der Waals surface area contributed by atoms with Crippen LogP contribution in [-0.2, 0) is 42.9 Å². The van der Waals surface area contributed by atoms with E-state index in [0.717, 1.165) is 27.9 Å². The first-order chi connectivity index (χ1) is 14.5. The first-order valence-electron chi connectivity index (χ1n) is 8.93. The van der Waals surface area contributed by atoms with Crippen molar-refractivity contribution in [3.63, 3.8) is 0 Å². The first-order valence-corrected chi connectivity index (χ1v) is 10.0. The van der Waals surface area contributed by atoms with E-state index in [-0.39, 0.29) is 11.5 Å². The Hall–Kier alpha value is -2.61. The van der Waals surface area contributed by atoms with Gasteiger partial charge in [-0.2, -0.15) is 0 Å². The average Bonchev–Trinajstić information content (AvgIpc) is 2.63. The molecule has 12 heteroatoms. The Labute approximate surface area is 191 Å². The zero-order valence-corrected chi connectivity index (χ0v) is 19.2. The van der Waals surface area contributed by atoms with Crippen LogP contribution in [0.1, 0.15) is 20.8 Å². The van der Waals surface area contributed by atoms with Crippen LogP contribution in [0.4, 0.5) is 0 Å². The number of ether oxygens (including phenoxy) is 6. The number of methoxy groups -OCH3 is 1. The molecule has 1 aromatic rings. The van der Waals surface area contributed by atoms with Crippen molar-refractivity contribution in [2.24, 2.45) is 0 Å². The van der Waals surface area contributed by atoms with Crippen LogP contribution in [0, 0.1) is 3.57 Å². The Bertz CT molecular complexity index is 835. The summed E-state index contributed by atoms with van der Waals surface area (Å²) >= 11 is 1.94. The normalized spacial score (nSPS) is 25.1. The van der Waals surface area contributed by atoms with Crippen LogP contribution in [-0.4, -0.2) is 66.8 Å². The molecule has 5 atom stereocenters. The fourth-order valence-corrected chi connectivity index (χ4v) is 3.55. The van der Waals surface area contributed by atoms with Crippen molar-refractivity contribution in [3.05, 3.63) is 21.8 Å². The van der Waals surface area contributed by atoms with Gasteiger partial charge in [0.25, 0.3) is 0 Å². The molecule has 0 amide bonds. The van der Waals surface area contributed by atoms with Crippen LogP contribution in [0.5, 0.6) is 11.5 Å². The molecule has 1 aliphatic rings. The van der Waals surface area contributed by atoms with E-state index < -0.39 is 54.6 Å². The molecule has 0 spiro atoms. The van der Waals surface area contributed by atoms with Gasteiger partial charge in [-0.15, -0.1) is 0 Å². The molecule has 1 N–H and O–H groups in total.